The summed E-state index contributed by atoms with van der Waals surface area (Å²) < 4.78 is 20.4. The van der Waals surface area contributed by atoms with Crippen molar-refractivity contribution in [3.05, 3.63) is 29.2 Å². The number of carbonyl (C=O) groups excluding carboxylic acids is 1. The molecule has 31 heavy (non-hydrogen) atoms. The number of aryl methyl sites for hydroxylation is 1. The highest BCUT2D eigenvalue weighted by Crippen LogP contribution is 2.43. The Balaban J connectivity index is 1.95. The van der Waals surface area contributed by atoms with E-state index in [1.165, 1.54) is 28.9 Å². The lowest BCUT2D eigenvalue weighted by atomic mass is 10.1. The molecule has 162 valence electrons. The number of methoxy groups -OCH3 is 1. The lowest BCUT2D eigenvalue weighted by Crippen LogP contribution is -2.11. The van der Waals surface area contributed by atoms with Gasteiger partial charge in [-0.3, -0.25) is 4.79 Å². The van der Waals surface area contributed by atoms with E-state index in [2.05, 4.69) is 9.97 Å². The van der Waals surface area contributed by atoms with Crippen molar-refractivity contribution in [3.8, 4) is 22.0 Å². The van der Waals surface area contributed by atoms with Crippen molar-refractivity contribution in [1.82, 2.24) is 19.5 Å². The number of primary amides is 1. The Bertz CT molecular complexity index is 1280. The molecule has 1 amide bonds. The van der Waals surface area contributed by atoms with Gasteiger partial charge in [0.15, 0.2) is 0 Å². The largest absolute Gasteiger partial charge is 0.611 e. The lowest BCUT2D eigenvalue weighted by Gasteiger charge is -2.09. The van der Waals surface area contributed by atoms with Gasteiger partial charge < -0.3 is 25.3 Å². The van der Waals surface area contributed by atoms with Gasteiger partial charge >= 0.3 is 0 Å². The lowest BCUT2D eigenvalue weighted by molar-refractivity contribution is 0.100. The van der Waals surface area contributed by atoms with E-state index in [0.29, 0.717) is 42.7 Å². The fourth-order valence-electron chi connectivity index (χ4n) is 3.09. The first-order chi connectivity index (χ1) is 14.8. The highest BCUT2D eigenvalue weighted by molar-refractivity contribution is 7.93. The number of ether oxygens (including phenoxy) is 1. The van der Waals surface area contributed by atoms with Crippen LogP contribution in [0, 0.1) is 6.92 Å². The fraction of sp³-hybridized carbons (Fsp3) is 0.263. The second kappa shape index (κ2) is 8.55. The molecule has 4 heterocycles. The third-order valence-electron chi connectivity index (χ3n) is 4.81. The van der Waals surface area contributed by atoms with Crippen LogP contribution in [0.4, 0.5) is 5.69 Å². The average Bonchev–Trinajstić information content (AvgIpc) is 3.45. The number of thiophene rings is 1. The summed E-state index contributed by atoms with van der Waals surface area (Å²) in [5.74, 6) is 0.641. The SMILES string of the molecule is COCC[S+]([O-])c1sc2nc(-c3ncc(C(N)=O)s3)cc(-c3cnc(C)n3C)c2c1N. The molecular weight excluding hydrogens is 456 g/mol. The molecule has 0 radical (unpaired) electrons. The number of carbonyl (C=O) groups is 1. The number of pyridine rings is 1. The summed E-state index contributed by atoms with van der Waals surface area (Å²) in [6.07, 6.45) is 3.21. The molecule has 0 bridgehead atoms. The number of nitrogen functional groups attached to an aromatic ring is 1. The first-order valence-electron chi connectivity index (χ1n) is 9.16. The predicted octanol–water partition coefficient (Wildman–Crippen LogP) is 2.56. The van der Waals surface area contributed by atoms with E-state index in [0.717, 1.165) is 22.5 Å². The molecule has 0 aromatic carbocycles. The molecule has 0 spiro atoms. The van der Waals surface area contributed by atoms with Crippen LogP contribution in [-0.2, 0) is 23.0 Å². The van der Waals surface area contributed by atoms with E-state index in [-0.39, 0.29) is 0 Å². The third kappa shape index (κ3) is 3.92. The van der Waals surface area contributed by atoms with E-state index in [1.807, 2.05) is 24.6 Å². The van der Waals surface area contributed by atoms with Crippen LogP contribution in [0.15, 0.2) is 22.7 Å². The minimum Gasteiger partial charge on any atom is -0.611 e. The van der Waals surface area contributed by atoms with Crippen LogP contribution in [0.25, 0.3) is 32.2 Å². The van der Waals surface area contributed by atoms with Crippen LogP contribution in [0.3, 0.4) is 0 Å². The van der Waals surface area contributed by atoms with E-state index >= 15 is 0 Å². The summed E-state index contributed by atoms with van der Waals surface area (Å²) in [4.78, 5) is 25.9. The minimum absolute atomic E-state index is 0.342. The topological polar surface area (TPSA) is 145 Å². The average molecular weight is 477 g/mol. The number of hydrogen-bond acceptors (Lipinski definition) is 9. The molecule has 0 aliphatic rings. The Hall–Kier alpha value is -2.51. The number of thiazole rings is 1. The zero-order valence-corrected chi connectivity index (χ0v) is 19.5. The molecule has 0 aliphatic carbocycles. The summed E-state index contributed by atoms with van der Waals surface area (Å²) in [5.41, 5.74) is 14.5. The van der Waals surface area contributed by atoms with E-state index in [4.69, 9.17) is 21.2 Å². The molecule has 4 N–H and O–H groups in total. The van der Waals surface area contributed by atoms with Gasteiger partial charge in [0.25, 0.3) is 5.91 Å². The summed E-state index contributed by atoms with van der Waals surface area (Å²) in [6.45, 7) is 2.27. The number of imidazole rings is 1. The van der Waals surface area contributed by atoms with Gasteiger partial charge in [0.2, 0.25) is 4.21 Å². The Morgan fingerprint density at radius 3 is 2.71 bits per heavy atom. The summed E-state index contributed by atoms with van der Waals surface area (Å²) in [6, 6.07) is 1.87. The molecule has 0 saturated carbocycles. The zero-order valence-electron chi connectivity index (χ0n) is 17.0. The van der Waals surface area contributed by atoms with Crippen molar-refractivity contribution in [2.24, 2.45) is 12.8 Å². The Labute approximate surface area is 189 Å². The van der Waals surface area contributed by atoms with Crippen molar-refractivity contribution >= 4 is 55.7 Å². The molecule has 1 atom stereocenters. The molecule has 12 heteroatoms. The number of rotatable bonds is 7. The number of aromatic nitrogens is 4. The third-order valence-corrected chi connectivity index (χ3v) is 8.72. The molecule has 0 fully saturated rings. The van der Waals surface area contributed by atoms with Crippen molar-refractivity contribution in [2.45, 2.75) is 11.1 Å². The Morgan fingerprint density at radius 2 is 2.10 bits per heavy atom. The maximum absolute atomic E-state index is 12.8. The normalized spacial score (nSPS) is 12.5. The van der Waals surface area contributed by atoms with Gasteiger partial charge in [-0.15, -0.1) is 11.3 Å². The maximum atomic E-state index is 12.8. The molecule has 4 rings (SSSR count). The number of amides is 1. The molecule has 9 nitrogen and oxygen atoms in total. The van der Waals surface area contributed by atoms with Crippen LogP contribution in [0.1, 0.15) is 15.5 Å². The Kier molecular flexibility index (Phi) is 5.99. The summed E-state index contributed by atoms with van der Waals surface area (Å²) in [7, 11) is 3.48. The van der Waals surface area contributed by atoms with E-state index in [9.17, 15) is 9.35 Å². The summed E-state index contributed by atoms with van der Waals surface area (Å²) >= 11 is 1.15. The first kappa shape index (κ1) is 21.7. The van der Waals surface area contributed by atoms with Gasteiger partial charge in [-0.25, -0.2) is 15.0 Å². The van der Waals surface area contributed by atoms with E-state index in [1.54, 1.807) is 13.3 Å². The van der Waals surface area contributed by atoms with E-state index < -0.39 is 17.1 Å². The van der Waals surface area contributed by atoms with Crippen LogP contribution in [0.2, 0.25) is 0 Å². The van der Waals surface area contributed by atoms with Crippen molar-refractivity contribution in [1.29, 1.82) is 0 Å². The fourth-order valence-corrected chi connectivity index (χ4v) is 6.38. The van der Waals surface area contributed by atoms with Crippen LogP contribution < -0.4 is 11.5 Å². The highest BCUT2D eigenvalue weighted by Gasteiger charge is 2.26. The van der Waals surface area contributed by atoms with Gasteiger partial charge in [-0.1, -0.05) is 11.3 Å². The molecule has 4 aromatic rings. The molecular formula is C19H20N6O3S3. The standard InChI is InChI=1S/C19H20N6O3S3/c1-9-22-7-12(25(9)2)10-6-11(17-23-8-13(29-17)16(21)26)24-18-14(10)15(20)19(30-18)31(27)5-4-28-3/h6-8H,4-5,20H2,1-3H3,(H2,21,26). The monoisotopic (exact) mass is 476 g/mol. The number of hydrogen-bond donors (Lipinski definition) is 2. The quantitative estimate of drug-likeness (QED) is 0.390. The van der Waals surface area contributed by atoms with Gasteiger partial charge in [-0.05, 0) is 13.0 Å². The molecule has 0 saturated heterocycles. The number of fused-ring (bicyclic) bond motifs is 1. The van der Waals surface area contributed by atoms with Crippen LogP contribution in [-0.4, -0.2) is 49.4 Å². The maximum Gasteiger partial charge on any atom is 0.260 e. The highest BCUT2D eigenvalue weighted by atomic mass is 32.2. The molecule has 0 aliphatic heterocycles. The van der Waals surface area contributed by atoms with Gasteiger partial charge in [-0.2, -0.15) is 0 Å². The number of nitrogens with two attached hydrogens (primary N) is 2. The van der Waals surface area contributed by atoms with Crippen LogP contribution in [0.5, 0.6) is 0 Å². The zero-order chi connectivity index (χ0) is 22.3. The minimum atomic E-state index is -1.31. The molecule has 4 aromatic heterocycles. The second-order valence-electron chi connectivity index (χ2n) is 6.72. The smallest absolute Gasteiger partial charge is 0.260 e. The molecule has 1 unspecified atom stereocenters. The number of nitrogens with zero attached hydrogens (tertiary/aromatic N) is 4. The van der Waals surface area contributed by atoms with Crippen molar-refractivity contribution in [3.63, 3.8) is 0 Å². The van der Waals surface area contributed by atoms with Gasteiger partial charge in [0.05, 0.1) is 24.7 Å². The number of anilines is 1. The van der Waals surface area contributed by atoms with Crippen molar-refractivity contribution in [2.75, 3.05) is 25.2 Å². The van der Waals surface area contributed by atoms with Gasteiger partial charge in [0.1, 0.15) is 37.7 Å². The van der Waals surface area contributed by atoms with Gasteiger partial charge in [0, 0.05) is 36.3 Å². The summed E-state index contributed by atoms with van der Waals surface area (Å²) in [5, 5.41) is 1.29. The second-order valence-corrected chi connectivity index (χ2v) is 10.5. The van der Waals surface area contributed by atoms with Crippen molar-refractivity contribution < 1.29 is 14.1 Å². The van der Waals surface area contributed by atoms with Crippen LogP contribution >= 0.6 is 22.7 Å². The Morgan fingerprint density at radius 1 is 1.32 bits per heavy atom. The first-order valence-corrected chi connectivity index (χ1v) is 12.1. The predicted molar refractivity (Wildman–Crippen MR) is 124 cm³/mol.